The largest absolute Gasteiger partial charge is 0.356 e. The van der Waals surface area contributed by atoms with Crippen molar-refractivity contribution in [3.05, 3.63) is 53.9 Å². The monoisotopic (exact) mass is 453 g/mol. The predicted molar refractivity (Wildman–Crippen MR) is 126 cm³/mol. The lowest BCUT2D eigenvalue weighted by Crippen LogP contribution is -2.49. The van der Waals surface area contributed by atoms with E-state index in [4.69, 9.17) is 0 Å². The number of amides is 3. The van der Waals surface area contributed by atoms with E-state index in [1.807, 2.05) is 35.0 Å². The van der Waals surface area contributed by atoms with Gasteiger partial charge >= 0.3 is 0 Å². The first-order chi connectivity index (χ1) is 15.8. The maximum atomic E-state index is 13.1. The van der Waals surface area contributed by atoms with E-state index in [0.717, 1.165) is 19.3 Å². The Labute approximate surface area is 195 Å². The second-order valence-corrected chi connectivity index (χ2v) is 8.86. The Bertz CT molecular complexity index is 935. The van der Waals surface area contributed by atoms with Crippen LogP contribution in [0.5, 0.6) is 0 Å². The lowest BCUT2D eigenvalue weighted by molar-refractivity contribution is -0.137. The Morgan fingerprint density at radius 3 is 2.55 bits per heavy atom. The van der Waals surface area contributed by atoms with Gasteiger partial charge in [0.15, 0.2) is 0 Å². The van der Waals surface area contributed by atoms with Gasteiger partial charge in [0.1, 0.15) is 6.54 Å². The number of piperidine rings is 1. The number of aromatic nitrogens is 2. The highest BCUT2D eigenvalue weighted by Gasteiger charge is 2.33. The first-order valence-corrected chi connectivity index (χ1v) is 11.6. The van der Waals surface area contributed by atoms with Gasteiger partial charge in [0.05, 0.1) is 0 Å². The number of carbonyl (C=O) groups excluding carboxylic acids is 3. The Morgan fingerprint density at radius 2 is 1.91 bits per heavy atom. The molecule has 0 saturated carbocycles. The van der Waals surface area contributed by atoms with E-state index in [9.17, 15) is 14.4 Å². The average molecular weight is 454 g/mol. The minimum Gasteiger partial charge on any atom is -0.356 e. The summed E-state index contributed by atoms with van der Waals surface area (Å²) < 4.78 is 1.65. The number of hydrogen-bond acceptors (Lipinski definition) is 4. The smallest absolute Gasteiger partial charge is 0.244 e. The summed E-state index contributed by atoms with van der Waals surface area (Å²) in [6.07, 6.45) is 6.28. The fourth-order valence-electron chi connectivity index (χ4n) is 4.55. The van der Waals surface area contributed by atoms with Gasteiger partial charge in [-0.2, -0.15) is 5.10 Å². The highest BCUT2D eigenvalue weighted by Crippen LogP contribution is 2.27. The van der Waals surface area contributed by atoms with E-state index >= 15 is 0 Å². The molecular formula is C25H35N5O3. The van der Waals surface area contributed by atoms with Gasteiger partial charge in [0, 0.05) is 58.5 Å². The summed E-state index contributed by atoms with van der Waals surface area (Å²) in [6.45, 7) is 5.50. The molecule has 1 aromatic heterocycles. The second-order valence-electron chi connectivity index (χ2n) is 8.86. The van der Waals surface area contributed by atoms with Gasteiger partial charge in [-0.05, 0) is 49.3 Å². The molecule has 3 amide bonds. The van der Waals surface area contributed by atoms with Gasteiger partial charge in [0.2, 0.25) is 17.7 Å². The molecule has 1 aromatic carbocycles. The van der Waals surface area contributed by atoms with Crippen LogP contribution in [0, 0.1) is 12.8 Å². The third-order valence-corrected chi connectivity index (χ3v) is 6.59. The minimum absolute atomic E-state index is 0.0334. The number of likely N-dealkylation sites (N-methyl/N-ethyl adjacent to an activating group) is 1. The van der Waals surface area contributed by atoms with Crippen molar-refractivity contribution in [2.45, 2.75) is 52.1 Å². The van der Waals surface area contributed by atoms with Crippen LogP contribution in [-0.2, 0) is 27.3 Å². The van der Waals surface area contributed by atoms with E-state index in [1.165, 1.54) is 18.1 Å². The highest BCUT2D eigenvalue weighted by molar-refractivity contribution is 5.78. The van der Waals surface area contributed by atoms with Gasteiger partial charge in [-0.1, -0.05) is 24.3 Å². The van der Waals surface area contributed by atoms with Crippen molar-refractivity contribution in [2.24, 2.45) is 5.92 Å². The molecule has 0 spiro atoms. The van der Waals surface area contributed by atoms with Crippen LogP contribution in [0.1, 0.15) is 37.3 Å². The summed E-state index contributed by atoms with van der Waals surface area (Å²) in [6, 6.07) is 10.2. The molecule has 0 bridgehead atoms. The normalized spacial score (nSPS) is 15.2. The first kappa shape index (κ1) is 24.5. The van der Waals surface area contributed by atoms with Crippen LogP contribution in [0.15, 0.2) is 42.7 Å². The third kappa shape index (κ3) is 6.91. The van der Waals surface area contributed by atoms with E-state index in [1.54, 1.807) is 17.1 Å². The average Bonchev–Trinajstić information content (AvgIpc) is 3.31. The molecule has 178 valence electrons. The lowest BCUT2D eigenvalue weighted by Gasteiger charge is -2.40. The number of benzene rings is 1. The zero-order chi connectivity index (χ0) is 23.8. The van der Waals surface area contributed by atoms with Gasteiger partial charge in [-0.3, -0.25) is 19.1 Å². The van der Waals surface area contributed by atoms with Gasteiger partial charge in [-0.15, -0.1) is 0 Å². The van der Waals surface area contributed by atoms with Crippen molar-refractivity contribution in [2.75, 3.05) is 26.7 Å². The molecule has 1 aliphatic rings. The predicted octanol–water partition coefficient (Wildman–Crippen LogP) is 2.03. The third-order valence-electron chi connectivity index (χ3n) is 6.59. The minimum atomic E-state index is -0.122. The summed E-state index contributed by atoms with van der Waals surface area (Å²) in [4.78, 5) is 40.4. The maximum absolute atomic E-state index is 13.1. The quantitative estimate of drug-likeness (QED) is 0.629. The summed E-state index contributed by atoms with van der Waals surface area (Å²) in [5.41, 5.74) is 2.47. The van der Waals surface area contributed by atoms with Crippen LogP contribution >= 0.6 is 0 Å². The molecule has 1 N–H and O–H groups in total. The Morgan fingerprint density at radius 1 is 1.18 bits per heavy atom. The van der Waals surface area contributed by atoms with Crippen LogP contribution in [-0.4, -0.2) is 70.0 Å². The summed E-state index contributed by atoms with van der Waals surface area (Å²) in [5.74, 6) is 0.283. The molecule has 8 heteroatoms. The van der Waals surface area contributed by atoms with Crippen LogP contribution in [0.2, 0.25) is 0 Å². The highest BCUT2D eigenvalue weighted by atomic mass is 16.2. The van der Waals surface area contributed by atoms with Crippen molar-refractivity contribution in [1.29, 1.82) is 0 Å². The van der Waals surface area contributed by atoms with Crippen molar-refractivity contribution < 1.29 is 14.4 Å². The summed E-state index contributed by atoms with van der Waals surface area (Å²) in [5, 5.41) is 6.85. The van der Waals surface area contributed by atoms with Crippen LogP contribution in [0.25, 0.3) is 0 Å². The molecule has 1 fully saturated rings. The molecule has 1 saturated heterocycles. The van der Waals surface area contributed by atoms with Crippen molar-refractivity contribution in [3.8, 4) is 0 Å². The van der Waals surface area contributed by atoms with Crippen LogP contribution in [0.4, 0.5) is 0 Å². The number of aryl methyl sites for hydroxylation is 1. The first-order valence-electron chi connectivity index (χ1n) is 11.6. The van der Waals surface area contributed by atoms with Crippen molar-refractivity contribution >= 4 is 17.7 Å². The second kappa shape index (κ2) is 11.6. The summed E-state index contributed by atoms with van der Waals surface area (Å²) >= 11 is 0. The molecule has 33 heavy (non-hydrogen) atoms. The Kier molecular flexibility index (Phi) is 8.63. The van der Waals surface area contributed by atoms with Crippen molar-refractivity contribution in [3.63, 3.8) is 0 Å². The number of nitrogens with zero attached hydrogens (tertiary/aromatic N) is 4. The zero-order valence-electron chi connectivity index (χ0n) is 19.9. The van der Waals surface area contributed by atoms with E-state index in [0.29, 0.717) is 32.0 Å². The number of hydrogen-bond donors (Lipinski definition) is 1. The SMILES string of the molecule is CC(=O)NCCC(=O)N1CCC([C@@H](Cc2ccccc2C)N(C)C(=O)Cn2cccn2)CC1. The van der Waals surface area contributed by atoms with Gasteiger partial charge < -0.3 is 15.1 Å². The van der Waals surface area contributed by atoms with Gasteiger partial charge in [-0.25, -0.2) is 0 Å². The van der Waals surface area contributed by atoms with Gasteiger partial charge in [0.25, 0.3) is 0 Å². The molecule has 2 heterocycles. The molecule has 1 atom stereocenters. The van der Waals surface area contributed by atoms with Crippen molar-refractivity contribution in [1.82, 2.24) is 24.9 Å². The Balaban J connectivity index is 1.66. The van der Waals surface area contributed by atoms with E-state index in [2.05, 4.69) is 29.5 Å². The molecular weight excluding hydrogens is 418 g/mol. The standard InChI is InChI=1S/C25H35N5O3/c1-19-7-4-5-8-22(19)17-23(28(3)25(33)18-30-14-6-12-27-30)21-10-15-29(16-11-21)24(32)9-13-26-20(2)31/h4-8,12,14,21,23H,9-11,13,15-18H2,1-3H3,(H,26,31)/t23-/m1/s1. The fourth-order valence-corrected chi connectivity index (χ4v) is 4.55. The molecule has 0 radical (unpaired) electrons. The summed E-state index contributed by atoms with van der Waals surface area (Å²) in [7, 11) is 1.89. The van der Waals surface area contributed by atoms with E-state index in [-0.39, 0.29) is 30.3 Å². The number of carbonyl (C=O) groups is 3. The number of rotatable bonds is 9. The lowest BCUT2D eigenvalue weighted by atomic mass is 9.84. The molecule has 3 rings (SSSR count). The topological polar surface area (TPSA) is 87.5 Å². The van der Waals surface area contributed by atoms with Crippen LogP contribution in [0.3, 0.4) is 0 Å². The molecule has 2 aromatic rings. The molecule has 0 unspecified atom stereocenters. The zero-order valence-corrected chi connectivity index (χ0v) is 19.9. The fraction of sp³-hybridized carbons (Fsp3) is 0.520. The molecule has 8 nitrogen and oxygen atoms in total. The number of nitrogens with one attached hydrogen (secondary N) is 1. The Hall–Kier alpha value is -3.16. The van der Waals surface area contributed by atoms with E-state index < -0.39 is 0 Å². The number of likely N-dealkylation sites (tertiary alicyclic amines) is 1. The van der Waals surface area contributed by atoms with Crippen LogP contribution < -0.4 is 5.32 Å². The molecule has 1 aliphatic heterocycles. The molecule has 0 aliphatic carbocycles. The maximum Gasteiger partial charge on any atom is 0.244 e.